The Morgan fingerprint density at radius 1 is 0.980 bits per heavy atom. The first-order chi connectivity index (χ1) is 22.7. The van der Waals surface area contributed by atoms with Crippen molar-refractivity contribution < 1.29 is 32.4 Å². The summed E-state index contributed by atoms with van der Waals surface area (Å²) in [6, 6.07) is 5.27. The summed E-state index contributed by atoms with van der Waals surface area (Å²) in [4.78, 5) is 67.6. The minimum absolute atomic E-state index is 0.0709. The topological polar surface area (TPSA) is 185 Å². The highest BCUT2D eigenvalue weighted by atomic mass is 32.2. The Morgan fingerprint density at radius 2 is 1.61 bits per heavy atom. The molecule has 13 heteroatoms. The number of primary amides is 1. The first-order valence-electron chi connectivity index (χ1n) is 17.2. The van der Waals surface area contributed by atoms with Crippen LogP contribution in [0.2, 0.25) is 0 Å². The largest absolute Gasteiger partial charge is 0.363 e. The number of Topliss-reactive ketones (excluding diaryl/α,β-unsaturated/α-hetero) is 1. The number of nitrogens with one attached hydrogen (secondary N) is 3. The fraction of sp³-hybridized carbons (Fsp3) is 0.639. The van der Waals surface area contributed by atoms with Gasteiger partial charge in [0.1, 0.15) is 11.7 Å². The zero-order valence-electron chi connectivity index (χ0n) is 29.8. The van der Waals surface area contributed by atoms with Crippen LogP contribution < -0.4 is 21.7 Å². The Labute approximate surface area is 290 Å². The van der Waals surface area contributed by atoms with E-state index in [1.807, 2.05) is 54.5 Å². The van der Waals surface area contributed by atoms with Gasteiger partial charge < -0.3 is 26.6 Å². The number of nitrogens with zero attached hydrogens (tertiary/aromatic N) is 1. The van der Waals surface area contributed by atoms with Crippen LogP contribution in [0.3, 0.4) is 0 Å². The SMILES string of the molecule is CC(C)[C@@H](CS(=O)(=O)Cc1ccccc1)NC(=O)NC(CC(C)(C)C)C(=O)N1C[C@H]2C(=C1C(=O)NC(CC1CCC1)C(=O)C(N)=O)C2(C)C. The van der Waals surface area contributed by atoms with Gasteiger partial charge in [0.25, 0.3) is 11.8 Å². The Morgan fingerprint density at radius 3 is 2.14 bits per heavy atom. The summed E-state index contributed by atoms with van der Waals surface area (Å²) in [5.74, 6) is -3.66. The molecule has 12 nitrogen and oxygen atoms in total. The Hall–Kier alpha value is -3.74. The van der Waals surface area contributed by atoms with Crippen molar-refractivity contribution in [3.8, 4) is 0 Å². The van der Waals surface area contributed by atoms with Crippen LogP contribution in [-0.4, -0.2) is 73.3 Å². The van der Waals surface area contributed by atoms with Crippen molar-refractivity contribution in [1.82, 2.24) is 20.9 Å². The summed E-state index contributed by atoms with van der Waals surface area (Å²) in [5.41, 5.74) is 6.16. The Bertz CT molecular complexity index is 1590. The minimum atomic E-state index is -3.59. The van der Waals surface area contributed by atoms with Crippen molar-refractivity contribution in [2.45, 2.75) is 104 Å². The molecule has 1 aromatic carbocycles. The predicted molar refractivity (Wildman–Crippen MR) is 186 cm³/mol. The van der Waals surface area contributed by atoms with E-state index in [0.717, 1.165) is 24.8 Å². The number of hydrogen-bond donors (Lipinski definition) is 4. The van der Waals surface area contributed by atoms with Crippen LogP contribution in [-0.2, 0) is 34.8 Å². The average Bonchev–Trinajstić information content (AvgIpc) is 3.28. The first kappa shape index (κ1) is 38.1. The summed E-state index contributed by atoms with van der Waals surface area (Å²) in [7, 11) is -3.59. The highest BCUT2D eigenvalue weighted by Gasteiger charge is 2.62. The third-order valence-electron chi connectivity index (χ3n) is 10.1. The predicted octanol–water partition coefficient (Wildman–Crippen LogP) is 3.21. The molecule has 2 unspecified atom stereocenters. The maximum absolute atomic E-state index is 14.3. The molecule has 2 saturated carbocycles. The number of rotatable bonds is 15. The molecule has 1 aliphatic heterocycles. The molecule has 270 valence electrons. The number of sulfone groups is 1. The van der Waals surface area contributed by atoms with Gasteiger partial charge in [0.05, 0.1) is 17.5 Å². The maximum Gasteiger partial charge on any atom is 0.315 e. The van der Waals surface area contributed by atoms with Crippen LogP contribution in [0, 0.1) is 28.6 Å². The molecule has 3 aliphatic rings. The first-order valence-corrected chi connectivity index (χ1v) is 19.0. The number of ketones is 1. The molecule has 4 rings (SSSR count). The summed E-state index contributed by atoms with van der Waals surface area (Å²) < 4.78 is 26.2. The lowest BCUT2D eigenvalue weighted by molar-refractivity contribution is -0.139. The van der Waals surface area contributed by atoms with E-state index >= 15 is 0 Å². The molecule has 1 heterocycles. The van der Waals surface area contributed by atoms with Gasteiger partial charge in [0.2, 0.25) is 11.7 Å². The second-order valence-electron chi connectivity index (χ2n) is 16.1. The number of hydrogen-bond acceptors (Lipinski definition) is 7. The van der Waals surface area contributed by atoms with Crippen molar-refractivity contribution in [3.05, 3.63) is 47.2 Å². The number of carbonyl (C=O) groups is 5. The third-order valence-corrected chi connectivity index (χ3v) is 11.7. The molecule has 5 N–H and O–H groups in total. The third kappa shape index (κ3) is 9.49. The number of benzene rings is 1. The molecule has 4 atom stereocenters. The monoisotopic (exact) mass is 699 g/mol. The van der Waals surface area contributed by atoms with Crippen LogP contribution >= 0.6 is 0 Å². The molecule has 5 amide bonds. The van der Waals surface area contributed by atoms with Crippen molar-refractivity contribution in [2.75, 3.05) is 12.3 Å². The second-order valence-corrected chi connectivity index (χ2v) is 18.2. The number of carbonyl (C=O) groups excluding carboxylic acids is 5. The van der Waals surface area contributed by atoms with E-state index in [4.69, 9.17) is 5.73 Å². The number of amides is 5. The fourth-order valence-corrected chi connectivity index (χ4v) is 8.75. The van der Waals surface area contributed by atoms with Gasteiger partial charge in [0.15, 0.2) is 9.84 Å². The van der Waals surface area contributed by atoms with E-state index in [9.17, 15) is 32.4 Å². The van der Waals surface area contributed by atoms with Crippen LogP contribution in [0.4, 0.5) is 4.79 Å². The average molecular weight is 700 g/mol. The fourth-order valence-electron chi connectivity index (χ4n) is 6.91. The molecule has 0 saturated heterocycles. The number of nitrogens with two attached hydrogens (primary N) is 1. The van der Waals surface area contributed by atoms with E-state index in [1.54, 1.807) is 24.3 Å². The van der Waals surface area contributed by atoms with E-state index in [-0.39, 0.29) is 53.3 Å². The van der Waals surface area contributed by atoms with E-state index in [2.05, 4.69) is 16.0 Å². The highest BCUT2D eigenvalue weighted by molar-refractivity contribution is 7.90. The molecule has 0 radical (unpaired) electrons. The summed E-state index contributed by atoms with van der Waals surface area (Å²) in [6.07, 6.45) is 3.33. The zero-order valence-corrected chi connectivity index (χ0v) is 30.6. The van der Waals surface area contributed by atoms with Gasteiger partial charge in [-0.2, -0.15) is 0 Å². The lowest BCUT2D eigenvalue weighted by Gasteiger charge is -2.33. The second kappa shape index (κ2) is 14.6. The van der Waals surface area contributed by atoms with Gasteiger partial charge in [-0.1, -0.05) is 98.1 Å². The summed E-state index contributed by atoms with van der Waals surface area (Å²) >= 11 is 0. The smallest absolute Gasteiger partial charge is 0.315 e. The van der Waals surface area contributed by atoms with Crippen LogP contribution in [0.5, 0.6) is 0 Å². The zero-order chi connectivity index (χ0) is 36.5. The Kier molecular flexibility index (Phi) is 11.4. The molecule has 2 aliphatic carbocycles. The molecule has 0 spiro atoms. The standard InChI is InChI=1S/C36H53N5O7S/c1-21(2)27(20-49(47,48)19-23-12-9-8-10-13-23)40-34(46)39-26(17-35(3,4)5)33(45)41-18-24-28(36(24,6)7)29(41)32(44)38-25(30(42)31(37)43)16-22-14-11-15-22/h8-10,12-13,21-22,24-27H,11,14-20H2,1-7H3,(H2,37,43)(H,38,44)(H2,39,40,46)/t24-,25?,26?,27+/m0/s1. The van der Waals surface area contributed by atoms with Crippen LogP contribution in [0.1, 0.15) is 86.1 Å². The van der Waals surface area contributed by atoms with Gasteiger partial charge >= 0.3 is 6.03 Å². The summed E-state index contributed by atoms with van der Waals surface area (Å²) in [6.45, 7) is 13.6. The van der Waals surface area contributed by atoms with E-state index in [0.29, 0.717) is 12.0 Å². The lowest BCUT2D eigenvalue weighted by Crippen LogP contribution is -2.56. The van der Waals surface area contributed by atoms with Crippen molar-refractivity contribution >= 4 is 39.4 Å². The lowest BCUT2D eigenvalue weighted by atomic mass is 9.80. The number of urea groups is 1. The molecular formula is C36H53N5O7S. The molecule has 49 heavy (non-hydrogen) atoms. The Balaban J connectivity index is 1.52. The van der Waals surface area contributed by atoms with Crippen molar-refractivity contribution in [2.24, 2.45) is 34.3 Å². The molecule has 0 aromatic heterocycles. The van der Waals surface area contributed by atoms with E-state index < -0.39 is 62.9 Å². The molecule has 0 bridgehead atoms. The molecule has 2 fully saturated rings. The minimum Gasteiger partial charge on any atom is -0.363 e. The molecule has 1 aromatic rings. The maximum atomic E-state index is 14.3. The van der Waals surface area contributed by atoms with Gasteiger partial charge in [-0.25, -0.2) is 13.2 Å². The van der Waals surface area contributed by atoms with Crippen LogP contribution in [0.25, 0.3) is 0 Å². The highest BCUT2D eigenvalue weighted by Crippen LogP contribution is 2.63. The van der Waals surface area contributed by atoms with Gasteiger partial charge in [-0.3, -0.25) is 19.2 Å². The van der Waals surface area contributed by atoms with Crippen LogP contribution in [0.15, 0.2) is 41.6 Å². The number of fused-ring (bicyclic) bond motifs is 1. The normalized spacial score (nSPS) is 20.5. The van der Waals surface area contributed by atoms with Gasteiger partial charge in [-0.05, 0) is 46.6 Å². The molecular weight excluding hydrogens is 646 g/mol. The van der Waals surface area contributed by atoms with Crippen molar-refractivity contribution in [1.29, 1.82) is 0 Å². The summed E-state index contributed by atoms with van der Waals surface area (Å²) in [5, 5.41) is 8.31. The van der Waals surface area contributed by atoms with E-state index in [1.165, 1.54) is 4.90 Å². The quantitative estimate of drug-likeness (QED) is 0.203. The van der Waals surface area contributed by atoms with Crippen molar-refractivity contribution in [3.63, 3.8) is 0 Å². The van der Waals surface area contributed by atoms with Gasteiger partial charge in [0, 0.05) is 18.5 Å². The van der Waals surface area contributed by atoms with Gasteiger partial charge in [-0.15, -0.1) is 0 Å².